The van der Waals surface area contributed by atoms with E-state index in [0.717, 1.165) is 96.3 Å². The normalized spacial score (nSPS) is 12.5. The summed E-state index contributed by atoms with van der Waals surface area (Å²) >= 11 is 0. The van der Waals surface area contributed by atoms with Crippen molar-refractivity contribution in [3.63, 3.8) is 0 Å². The molecule has 0 saturated carbocycles. The molecule has 0 spiro atoms. The van der Waals surface area contributed by atoms with Crippen molar-refractivity contribution in [2.75, 3.05) is 13.2 Å². The molecule has 0 aliphatic carbocycles. The van der Waals surface area contributed by atoms with Crippen LogP contribution in [-0.2, 0) is 28.6 Å². The van der Waals surface area contributed by atoms with Gasteiger partial charge in [0, 0.05) is 19.3 Å². The van der Waals surface area contributed by atoms with Crippen LogP contribution in [0, 0.1) is 0 Å². The molecule has 0 aromatic rings. The molecule has 1 atom stereocenters. The molecular formula is C57H100O6. The Labute approximate surface area is 390 Å². The minimum absolute atomic E-state index is 0.0759. The van der Waals surface area contributed by atoms with Crippen molar-refractivity contribution in [1.82, 2.24) is 0 Å². The maximum Gasteiger partial charge on any atom is 0.306 e. The first-order chi connectivity index (χ1) is 31.0. The van der Waals surface area contributed by atoms with E-state index in [0.29, 0.717) is 19.3 Å². The van der Waals surface area contributed by atoms with Gasteiger partial charge in [0.1, 0.15) is 13.2 Å². The van der Waals surface area contributed by atoms with Crippen molar-refractivity contribution >= 4 is 17.9 Å². The maximum atomic E-state index is 12.7. The number of hydrogen-bond acceptors (Lipinski definition) is 6. The second kappa shape index (κ2) is 51.7. The van der Waals surface area contributed by atoms with Gasteiger partial charge < -0.3 is 14.2 Å². The third-order valence-corrected chi connectivity index (χ3v) is 11.5. The first-order valence-electron chi connectivity index (χ1n) is 26.8. The predicted molar refractivity (Wildman–Crippen MR) is 270 cm³/mol. The van der Waals surface area contributed by atoms with Crippen molar-refractivity contribution < 1.29 is 28.6 Å². The zero-order chi connectivity index (χ0) is 45.8. The minimum atomic E-state index is -0.774. The highest BCUT2D eigenvalue weighted by Crippen LogP contribution is 2.15. The monoisotopic (exact) mass is 881 g/mol. The van der Waals surface area contributed by atoms with Gasteiger partial charge in [0.2, 0.25) is 0 Å². The molecule has 63 heavy (non-hydrogen) atoms. The average Bonchev–Trinajstić information content (AvgIpc) is 3.28. The van der Waals surface area contributed by atoms with E-state index >= 15 is 0 Å². The Morgan fingerprint density at radius 3 is 1.02 bits per heavy atom. The Morgan fingerprint density at radius 1 is 0.333 bits per heavy atom. The molecule has 6 nitrogen and oxygen atoms in total. The molecule has 0 aliphatic heterocycles. The number of carbonyl (C=O) groups excluding carboxylic acids is 3. The quantitative estimate of drug-likeness (QED) is 0.0262. The molecule has 0 saturated heterocycles. The Morgan fingerprint density at radius 2 is 0.619 bits per heavy atom. The first-order valence-corrected chi connectivity index (χ1v) is 26.8. The lowest BCUT2D eigenvalue weighted by molar-refractivity contribution is -0.167. The fraction of sp³-hybridized carbons (Fsp3) is 0.772. The van der Waals surface area contributed by atoms with Gasteiger partial charge in [0.25, 0.3) is 0 Å². The van der Waals surface area contributed by atoms with Crippen LogP contribution in [0.15, 0.2) is 60.8 Å². The Kier molecular flexibility index (Phi) is 49.4. The van der Waals surface area contributed by atoms with E-state index in [2.05, 4.69) is 81.5 Å². The number of ether oxygens (including phenoxy) is 3. The topological polar surface area (TPSA) is 78.9 Å². The Balaban J connectivity index is 4.16. The third-order valence-electron chi connectivity index (χ3n) is 11.5. The van der Waals surface area contributed by atoms with Crippen molar-refractivity contribution in [3.8, 4) is 0 Å². The highest BCUT2D eigenvalue weighted by atomic mass is 16.6. The molecule has 0 rings (SSSR count). The second-order valence-corrected chi connectivity index (χ2v) is 17.8. The summed E-state index contributed by atoms with van der Waals surface area (Å²) in [5.41, 5.74) is 0. The summed E-state index contributed by atoms with van der Waals surface area (Å²) < 4.78 is 16.7. The van der Waals surface area contributed by atoms with Gasteiger partial charge in [-0.15, -0.1) is 0 Å². The van der Waals surface area contributed by atoms with Crippen LogP contribution < -0.4 is 0 Å². The van der Waals surface area contributed by atoms with Crippen LogP contribution in [0.1, 0.15) is 265 Å². The maximum absolute atomic E-state index is 12.7. The summed E-state index contributed by atoms with van der Waals surface area (Å²) in [5, 5.41) is 0. The number of carbonyl (C=O) groups is 3. The number of allylic oxidation sites excluding steroid dienone is 10. The zero-order valence-corrected chi connectivity index (χ0v) is 41.6. The van der Waals surface area contributed by atoms with Gasteiger partial charge in [-0.05, 0) is 83.5 Å². The van der Waals surface area contributed by atoms with Crippen molar-refractivity contribution in [3.05, 3.63) is 60.8 Å². The summed E-state index contributed by atoms with van der Waals surface area (Å²) in [6.07, 6.45) is 63.7. The van der Waals surface area contributed by atoms with Gasteiger partial charge in [-0.3, -0.25) is 14.4 Å². The molecular weight excluding hydrogens is 781 g/mol. The van der Waals surface area contributed by atoms with Crippen LogP contribution in [0.3, 0.4) is 0 Å². The fourth-order valence-corrected chi connectivity index (χ4v) is 7.49. The van der Waals surface area contributed by atoms with E-state index in [1.807, 2.05) is 0 Å². The molecule has 0 aromatic heterocycles. The lowest BCUT2D eigenvalue weighted by Gasteiger charge is -2.18. The molecule has 0 bridgehead atoms. The van der Waals surface area contributed by atoms with E-state index in [4.69, 9.17) is 14.2 Å². The number of unbranched alkanes of at least 4 members (excludes halogenated alkanes) is 27. The average molecular weight is 881 g/mol. The molecule has 0 heterocycles. The van der Waals surface area contributed by atoms with Crippen molar-refractivity contribution in [1.29, 1.82) is 0 Å². The highest BCUT2D eigenvalue weighted by Gasteiger charge is 2.19. The van der Waals surface area contributed by atoms with E-state index in [9.17, 15) is 14.4 Å². The van der Waals surface area contributed by atoms with Gasteiger partial charge in [-0.2, -0.15) is 0 Å². The lowest BCUT2D eigenvalue weighted by atomic mass is 10.0. The number of esters is 3. The molecule has 6 heteroatoms. The molecule has 364 valence electrons. The number of rotatable bonds is 48. The molecule has 0 fully saturated rings. The minimum Gasteiger partial charge on any atom is -0.462 e. The fourth-order valence-electron chi connectivity index (χ4n) is 7.49. The summed E-state index contributed by atoms with van der Waals surface area (Å²) in [6.45, 7) is 6.47. The molecule has 0 aromatic carbocycles. The lowest BCUT2D eigenvalue weighted by Crippen LogP contribution is -2.30. The Bertz CT molecular complexity index is 1150. The highest BCUT2D eigenvalue weighted by molar-refractivity contribution is 5.71. The van der Waals surface area contributed by atoms with E-state index in [-0.39, 0.29) is 31.1 Å². The van der Waals surface area contributed by atoms with E-state index in [1.54, 1.807) is 0 Å². The van der Waals surface area contributed by atoms with Gasteiger partial charge in [-0.25, -0.2) is 0 Å². The van der Waals surface area contributed by atoms with Crippen LogP contribution in [0.4, 0.5) is 0 Å². The summed E-state index contributed by atoms with van der Waals surface area (Å²) in [6, 6.07) is 0. The summed E-state index contributed by atoms with van der Waals surface area (Å²) in [5.74, 6) is -0.886. The first kappa shape index (κ1) is 60.1. The smallest absolute Gasteiger partial charge is 0.306 e. The van der Waals surface area contributed by atoms with Crippen LogP contribution >= 0.6 is 0 Å². The zero-order valence-electron chi connectivity index (χ0n) is 41.6. The second-order valence-electron chi connectivity index (χ2n) is 17.8. The van der Waals surface area contributed by atoms with Crippen molar-refractivity contribution in [2.24, 2.45) is 0 Å². The van der Waals surface area contributed by atoms with Gasteiger partial charge in [0.15, 0.2) is 6.10 Å². The molecule has 0 radical (unpaired) electrons. The van der Waals surface area contributed by atoms with Crippen molar-refractivity contribution in [2.45, 2.75) is 271 Å². The number of hydrogen-bond donors (Lipinski definition) is 0. The Hall–Kier alpha value is -2.89. The third kappa shape index (κ3) is 50.0. The molecule has 0 N–H and O–H groups in total. The van der Waals surface area contributed by atoms with E-state index < -0.39 is 6.10 Å². The standard InChI is InChI=1S/C57H100O6/c1-4-7-10-13-16-19-21-23-24-25-26-27-28-29-30-31-32-33-34-35-37-38-41-44-47-50-56(59)62-53-54(52-61-55(58)49-46-43-40-18-15-12-9-6-3)63-57(60)51-48-45-42-39-36-22-20-17-14-11-8-5-2/h7,10,16-17,19-20,23-24,26-27,54H,4-6,8-9,11-15,18,21-22,25,28-53H2,1-3H3/b10-7-,19-16-,20-17-,24-23-,27-26-. The molecule has 0 amide bonds. The summed E-state index contributed by atoms with van der Waals surface area (Å²) in [4.78, 5) is 37.8. The van der Waals surface area contributed by atoms with Gasteiger partial charge in [0.05, 0.1) is 0 Å². The van der Waals surface area contributed by atoms with E-state index in [1.165, 1.54) is 128 Å². The van der Waals surface area contributed by atoms with Crippen LogP contribution in [0.5, 0.6) is 0 Å². The van der Waals surface area contributed by atoms with Crippen LogP contribution in [-0.4, -0.2) is 37.2 Å². The van der Waals surface area contributed by atoms with Gasteiger partial charge in [-0.1, -0.05) is 223 Å². The van der Waals surface area contributed by atoms with Gasteiger partial charge >= 0.3 is 17.9 Å². The summed E-state index contributed by atoms with van der Waals surface area (Å²) in [7, 11) is 0. The van der Waals surface area contributed by atoms with Crippen LogP contribution in [0.25, 0.3) is 0 Å². The predicted octanol–water partition coefficient (Wildman–Crippen LogP) is 17.6. The molecule has 0 aliphatic rings. The largest absolute Gasteiger partial charge is 0.462 e. The molecule has 1 unspecified atom stereocenters. The van der Waals surface area contributed by atoms with Crippen LogP contribution in [0.2, 0.25) is 0 Å². The SMILES string of the molecule is CC/C=C\C/C=C\C/C=C\C/C=C\CCCCCCCCCCCCCCC(=O)OCC(COC(=O)CCCCCCCCCC)OC(=O)CCCCCCC/C=C\CCCCC.